The summed E-state index contributed by atoms with van der Waals surface area (Å²) in [4.78, 5) is 21.0. The van der Waals surface area contributed by atoms with Crippen LogP contribution in [0.3, 0.4) is 0 Å². The molecule has 6 nitrogen and oxygen atoms in total. The molecule has 0 amide bonds. The number of rotatable bonds is 4. The SMILES string of the molecule is COc1ccc(C(=O)CO)cc1[N+](=O)[O-]. The summed E-state index contributed by atoms with van der Waals surface area (Å²) in [5.41, 5.74) is -0.207. The lowest BCUT2D eigenvalue weighted by atomic mass is 10.1. The summed E-state index contributed by atoms with van der Waals surface area (Å²) in [6.45, 7) is -0.677. The first-order valence-electron chi connectivity index (χ1n) is 4.06. The van der Waals surface area contributed by atoms with Gasteiger partial charge in [-0.1, -0.05) is 0 Å². The van der Waals surface area contributed by atoms with E-state index in [1.165, 1.54) is 19.2 Å². The van der Waals surface area contributed by atoms with Crippen LogP contribution in [0.25, 0.3) is 0 Å². The van der Waals surface area contributed by atoms with Gasteiger partial charge in [0.05, 0.1) is 12.0 Å². The van der Waals surface area contributed by atoms with Crippen molar-refractivity contribution in [2.45, 2.75) is 0 Å². The Balaban J connectivity index is 3.22. The van der Waals surface area contributed by atoms with Crippen LogP contribution in [0.4, 0.5) is 5.69 Å². The van der Waals surface area contributed by atoms with Crippen molar-refractivity contribution in [1.82, 2.24) is 0 Å². The van der Waals surface area contributed by atoms with E-state index in [4.69, 9.17) is 9.84 Å². The highest BCUT2D eigenvalue weighted by Crippen LogP contribution is 2.27. The summed E-state index contributed by atoms with van der Waals surface area (Å²) >= 11 is 0. The van der Waals surface area contributed by atoms with Gasteiger partial charge in [-0.3, -0.25) is 14.9 Å². The monoisotopic (exact) mass is 211 g/mol. The van der Waals surface area contributed by atoms with Gasteiger partial charge in [0.15, 0.2) is 11.5 Å². The van der Waals surface area contributed by atoms with Crippen LogP contribution in [0, 0.1) is 10.1 Å². The van der Waals surface area contributed by atoms with Gasteiger partial charge >= 0.3 is 5.69 Å². The van der Waals surface area contributed by atoms with Crippen molar-refractivity contribution in [1.29, 1.82) is 0 Å². The normalized spacial score (nSPS) is 9.73. The molecule has 0 spiro atoms. The molecule has 0 heterocycles. The van der Waals surface area contributed by atoms with Crippen LogP contribution in [0.15, 0.2) is 18.2 Å². The number of ether oxygens (including phenoxy) is 1. The second-order valence-electron chi connectivity index (χ2n) is 2.73. The number of nitro groups is 1. The van der Waals surface area contributed by atoms with Crippen molar-refractivity contribution in [2.75, 3.05) is 13.7 Å². The molecule has 0 unspecified atom stereocenters. The standard InChI is InChI=1S/C9H9NO5/c1-15-9-3-2-6(8(12)5-11)4-7(9)10(13)14/h2-4,11H,5H2,1H3. The number of aliphatic hydroxyl groups is 1. The molecule has 0 aliphatic carbocycles. The summed E-state index contributed by atoms with van der Waals surface area (Å²) < 4.78 is 4.76. The number of nitro benzene ring substituents is 1. The van der Waals surface area contributed by atoms with Gasteiger partial charge in [-0.2, -0.15) is 0 Å². The van der Waals surface area contributed by atoms with Crippen molar-refractivity contribution in [2.24, 2.45) is 0 Å². The number of hydrogen-bond acceptors (Lipinski definition) is 5. The highest BCUT2D eigenvalue weighted by atomic mass is 16.6. The van der Waals surface area contributed by atoms with E-state index in [-0.39, 0.29) is 17.0 Å². The summed E-state index contributed by atoms with van der Waals surface area (Å²) in [6.07, 6.45) is 0. The zero-order chi connectivity index (χ0) is 11.4. The quantitative estimate of drug-likeness (QED) is 0.451. The lowest BCUT2D eigenvalue weighted by Gasteiger charge is -2.02. The van der Waals surface area contributed by atoms with Crippen LogP contribution in [0.5, 0.6) is 5.75 Å². The maximum atomic E-state index is 11.1. The van der Waals surface area contributed by atoms with Crippen LogP contribution >= 0.6 is 0 Å². The molecule has 6 heteroatoms. The number of nitrogens with zero attached hydrogens (tertiary/aromatic N) is 1. The lowest BCUT2D eigenvalue weighted by molar-refractivity contribution is -0.385. The third-order valence-corrected chi connectivity index (χ3v) is 1.84. The van der Waals surface area contributed by atoms with Crippen LogP contribution in [0.1, 0.15) is 10.4 Å². The van der Waals surface area contributed by atoms with Gasteiger partial charge in [0, 0.05) is 11.6 Å². The lowest BCUT2D eigenvalue weighted by Crippen LogP contribution is -2.05. The maximum absolute atomic E-state index is 11.1. The topological polar surface area (TPSA) is 89.7 Å². The minimum atomic E-state index is -0.677. The van der Waals surface area contributed by atoms with Crippen LogP contribution in [-0.4, -0.2) is 29.5 Å². The average molecular weight is 211 g/mol. The molecule has 0 aromatic heterocycles. The predicted molar refractivity (Wildman–Crippen MR) is 51.1 cm³/mol. The van der Waals surface area contributed by atoms with Crippen LogP contribution in [0.2, 0.25) is 0 Å². The van der Waals surface area contributed by atoms with Crippen LogP contribution in [-0.2, 0) is 0 Å². The first-order valence-corrected chi connectivity index (χ1v) is 4.06. The molecule has 1 rings (SSSR count). The third kappa shape index (κ3) is 2.29. The molecule has 0 saturated carbocycles. The molecular weight excluding hydrogens is 202 g/mol. The molecular formula is C9H9NO5. The second kappa shape index (κ2) is 4.52. The zero-order valence-electron chi connectivity index (χ0n) is 7.97. The Labute approximate surface area is 85.2 Å². The van der Waals surface area contributed by atoms with Gasteiger partial charge in [0.1, 0.15) is 6.61 Å². The Morgan fingerprint density at radius 2 is 2.27 bits per heavy atom. The van der Waals surface area contributed by atoms with E-state index in [0.29, 0.717) is 0 Å². The highest BCUT2D eigenvalue weighted by Gasteiger charge is 2.17. The predicted octanol–water partition coefficient (Wildman–Crippen LogP) is 0.778. The van der Waals surface area contributed by atoms with Gasteiger partial charge in [-0.15, -0.1) is 0 Å². The van der Waals surface area contributed by atoms with E-state index in [9.17, 15) is 14.9 Å². The largest absolute Gasteiger partial charge is 0.490 e. The molecule has 0 saturated heterocycles. The van der Waals surface area contributed by atoms with E-state index < -0.39 is 17.3 Å². The van der Waals surface area contributed by atoms with E-state index in [1.54, 1.807) is 0 Å². The highest BCUT2D eigenvalue weighted by molar-refractivity contribution is 5.97. The third-order valence-electron chi connectivity index (χ3n) is 1.84. The first kappa shape index (κ1) is 11.1. The molecule has 1 aromatic carbocycles. The number of carbonyl (C=O) groups is 1. The number of benzene rings is 1. The Morgan fingerprint density at radius 1 is 1.60 bits per heavy atom. The number of carbonyl (C=O) groups excluding carboxylic acids is 1. The molecule has 0 radical (unpaired) electrons. The van der Waals surface area contributed by atoms with Gasteiger partial charge in [-0.25, -0.2) is 0 Å². The van der Waals surface area contributed by atoms with Crippen molar-refractivity contribution < 1.29 is 19.6 Å². The number of ketones is 1. The van der Waals surface area contributed by atoms with Gasteiger partial charge in [0.25, 0.3) is 0 Å². The summed E-state index contributed by atoms with van der Waals surface area (Å²) in [5, 5.41) is 19.2. The minimum absolute atomic E-state index is 0.0782. The molecule has 0 aliphatic heterocycles. The maximum Gasteiger partial charge on any atom is 0.311 e. The fraction of sp³-hybridized carbons (Fsp3) is 0.222. The van der Waals surface area contributed by atoms with E-state index in [0.717, 1.165) is 6.07 Å². The molecule has 0 bridgehead atoms. The van der Waals surface area contributed by atoms with E-state index >= 15 is 0 Å². The smallest absolute Gasteiger partial charge is 0.311 e. The summed E-state index contributed by atoms with van der Waals surface area (Å²) in [7, 11) is 1.30. The number of methoxy groups -OCH3 is 1. The molecule has 1 N–H and O–H groups in total. The van der Waals surface area contributed by atoms with Gasteiger partial charge in [0.2, 0.25) is 0 Å². The molecule has 0 fully saturated rings. The van der Waals surface area contributed by atoms with E-state index in [1.807, 2.05) is 0 Å². The van der Waals surface area contributed by atoms with Crippen molar-refractivity contribution in [3.8, 4) is 5.75 Å². The Morgan fingerprint density at radius 3 is 2.73 bits per heavy atom. The minimum Gasteiger partial charge on any atom is -0.490 e. The molecule has 0 aliphatic rings. The fourth-order valence-electron chi connectivity index (χ4n) is 1.10. The summed E-state index contributed by atoms with van der Waals surface area (Å²) in [6, 6.07) is 3.77. The number of aliphatic hydroxyl groups excluding tert-OH is 1. The van der Waals surface area contributed by atoms with Crippen molar-refractivity contribution >= 4 is 11.5 Å². The number of hydrogen-bond donors (Lipinski definition) is 1. The molecule has 0 atom stereocenters. The van der Waals surface area contributed by atoms with Crippen molar-refractivity contribution in [3.63, 3.8) is 0 Å². The number of Topliss-reactive ketones (excluding diaryl/α,β-unsaturated/α-hetero) is 1. The second-order valence-corrected chi connectivity index (χ2v) is 2.73. The Kier molecular flexibility index (Phi) is 3.35. The molecule has 80 valence electrons. The molecule has 15 heavy (non-hydrogen) atoms. The Bertz CT molecular complexity index is 401. The summed E-state index contributed by atoms with van der Waals surface area (Å²) in [5.74, 6) is -0.491. The van der Waals surface area contributed by atoms with Crippen LogP contribution < -0.4 is 4.74 Å². The molecule has 1 aromatic rings. The van der Waals surface area contributed by atoms with Gasteiger partial charge < -0.3 is 9.84 Å². The zero-order valence-corrected chi connectivity index (χ0v) is 7.97. The van der Waals surface area contributed by atoms with Gasteiger partial charge in [-0.05, 0) is 12.1 Å². The first-order chi connectivity index (χ1) is 7.10. The Hall–Kier alpha value is -1.95. The fourth-order valence-corrected chi connectivity index (χ4v) is 1.10. The van der Waals surface area contributed by atoms with Crippen molar-refractivity contribution in [3.05, 3.63) is 33.9 Å². The average Bonchev–Trinajstić information content (AvgIpc) is 2.27. The van der Waals surface area contributed by atoms with E-state index in [2.05, 4.69) is 0 Å².